The van der Waals surface area contributed by atoms with Crippen molar-refractivity contribution in [3.8, 4) is 17.2 Å². The normalized spacial score (nSPS) is 12.4. The van der Waals surface area contributed by atoms with E-state index in [1.165, 1.54) is 0 Å². The Hall–Kier alpha value is -3.35. The second-order valence-electron chi connectivity index (χ2n) is 5.39. The van der Waals surface area contributed by atoms with Crippen molar-refractivity contribution in [1.82, 2.24) is 20.4 Å². The fourth-order valence-electron chi connectivity index (χ4n) is 2.44. The zero-order chi connectivity index (χ0) is 16.5. The van der Waals surface area contributed by atoms with E-state index in [9.17, 15) is 0 Å². The van der Waals surface area contributed by atoms with Gasteiger partial charge >= 0.3 is 0 Å². The summed E-state index contributed by atoms with van der Waals surface area (Å²) in [5.74, 6) is 2.01. The molecule has 7 nitrogen and oxygen atoms in total. The lowest BCUT2D eigenvalue weighted by molar-refractivity contribution is 0.189. The molecular formula is C17H15N5O2. The van der Waals surface area contributed by atoms with Gasteiger partial charge in [-0.25, -0.2) is 0 Å². The van der Waals surface area contributed by atoms with Crippen LogP contribution in [0.4, 0.5) is 5.82 Å². The molecule has 3 N–H and O–H groups in total. The number of nitrogens with zero attached hydrogens (tertiary/aromatic N) is 3. The van der Waals surface area contributed by atoms with E-state index in [-0.39, 0.29) is 6.10 Å². The Morgan fingerprint density at radius 2 is 1.96 bits per heavy atom. The van der Waals surface area contributed by atoms with Gasteiger partial charge in [-0.05, 0) is 37.3 Å². The van der Waals surface area contributed by atoms with Gasteiger partial charge in [-0.15, -0.1) is 10.2 Å². The predicted molar refractivity (Wildman–Crippen MR) is 89.3 cm³/mol. The number of H-pyrrole nitrogens is 1. The molecule has 24 heavy (non-hydrogen) atoms. The number of anilines is 1. The summed E-state index contributed by atoms with van der Waals surface area (Å²) in [5.41, 5.74) is 7.47. The maximum absolute atomic E-state index is 5.83. The first-order valence-electron chi connectivity index (χ1n) is 7.50. The van der Waals surface area contributed by atoms with Crippen molar-refractivity contribution in [3.63, 3.8) is 0 Å². The Kier molecular flexibility index (Phi) is 3.38. The summed E-state index contributed by atoms with van der Waals surface area (Å²) in [6.07, 6.45) is -0.351. The number of benzene rings is 2. The zero-order valence-electron chi connectivity index (χ0n) is 12.9. The number of nitrogens with two attached hydrogens (primary N) is 1. The predicted octanol–water partition coefficient (Wildman–Crippen LogP) is 3.34. The Labute approximate surface area is 137 Å². The lowest BCUT2D eigenvalue weighted by atomic mass is 10.1. The van der Waals surface area contributed by atoms with Crippen LogP contribution in [0.1, 0.15) is 18.9 Å². The number of hydrogen-bond acceptors (Lipinski definition) is 6. The van der Waals surface area contributed by atoms with Gasteiger partial charge in [0.05, 0.1) is 5.52 Å². The maximum atomic E-state index is 5.83. The SMILES string of the molecule is CC(Oc1ccccc1)c1nnc(-c2ccc3[nH]nc(N)c3c2)o1. The molecule has 1 unspecified atom stereocenters. The number of aromatic nitrogens is 4. The van der Waals surface area contributed by atoms with E-state index in [4.69, 9.17) is 14.9 Å². The van der Waals surface area contributed by atoms with Gasteiger partial charge in [0.1, 0.15) is 5.75 Å². The lowest BCUT2D eigenvalue weighted by Gasteiger charge is -2.10. The summed E-state index contributed by atoms with van der Waals surface area (Å²) in [4.78, 5) is 0. The average Bonchev–Trinajstić information content (AvgIpc) is 3.23. The molecule has 7 heteroatoms. The molecule has 0 fully saturated rings. The molecule has 1 atom stereocenters. The molecule has 4 rings (SSSR count). The molecule has 0 radical (unpaired) electrons. The quantitative estimate of drug-likeness (QED) is 0.597. The van der Waals surface area contributed by atoms with Gasteiger partial charge in [-0.2, -0.15) is 5.10 Å². The van der Waals surface area contributed by atoms with Crippen LogP contribution in [0.3, 0.4) is 0 Å². The first-order chi connectivity index (χ1) is 11.7. The molecule has 0 bridgehead atoms. The smallest absolute Gasteiger partial charge is 0.257 e. The van der Waals surface area contributed by atoms with Crippen LogP contribution in [-0.2, 0) is 0 Å². The highest BCUT2D eigenvalue weighted by Gasteiger charge is 2.17. The first-order valence-corrected chi connectivity index (χ1v) is 7.50. The molecule has 0 aliphatic heterocycles. The molecule has 0 amide bonds. The highest BCUT2D eigenvalue weighted by molar-refractivity contribution is 5.91. The van der Waals surface area contributed by atoms with E-state index in [0.717, 1.165) is 22.2 Å². The third-order valence-electron chi connectivity index (χ3n) is 3.68. The second-order valence-corrected chi connectivity index (χ2v) is 5.39. The van der Waals surface area contributed by atoms with Crippen molar-refractivity contribution in [2.45, 2.75) is 13.0 Å². The third kappa shape index (κ3) is 2.56. The monoisotopic (exact) mass is 321 g/mol. The van der Waals surface area contributed by atoms with Crippen molar-refractivity contribution in [2.75, 3.05) is 5.73 Å². The number of hydrogen-bond donors (Lipinski definition) is 2. The molecule has 2 aromatic carbocycles. The summed E-state index contributed by atoms with van der Waals surface area (Å²) in [6.45, 7) is 1.86. The molecular weight excluding hydrogens is 306 g/mol. The number of fused-ring (bicyclic) bond motifs is 1. The van der Waals surface area contributed by atoms with Crippen LogP contribution in [0.15, 0.2) is 52.9 Å². The summed E-state index contributed by atoms with van der Waals surface area (Å²) in [7, 11) is 0. The van der Waals surface area contributed by atoms with Crippen LogP contribution in [0, 0.1) is 0 Å². The topological polar surface area (TPSA) is 103 Å². The van der Waals surface area contributed by atoms with E-state index in [0.29, 0.717) is 17.6 Å². The fraction of sp³-hybridized carbons (Fsp3) is 0.118. The molecule has 0 aliphatic rings. The van der Waals surface area contributed by atoms with Crippen LogP contribution >= 0.6 is 0 Å². The van der Waals surface area contributed by atoms with Gasteiger partial charge in [0, 0.05) is 10.9 Å². The molecule has 4 aromatic rings. The Morgan fingerprint density at radius 3 is 2.79 bits per heavy atom. The minimum atomic E-state index is -0.351. The molecule has 120 valence electrons. The van der Waals surface area contributed by atoms with Gasteiger partial charge in [-0.1, -0.05) is 18.2 Å². The number of nitrogen functional groups attached to an aromatic ring is 1. The van der Waals surface area contributed by atoms with Crippen LogP contribution in [0.5, 0.6) is 5.75 Å². The van der Waals surface area contributed by atoms with Gasteiger partial charge in [0.15, 0.2) is 11.9 Å². The average molecular weight is 321 g/mol. The van der Waals surface area contributed by atoms with Crippen molar-refractivity contribution in [2.24, 2.45) is 0 Å². The zero-order valence-corrected chi connectivity index (χ0v) is 12.9. The van der Waals surface area contributed by atoms with Crippen molar-refractivity contribution >= 4 is 16.7 Å². The lowest BCUT2D eigenvalue weighted by Crippen LogP contribution is -2.03. The summed E-state index contributed by atoms with van der Waals surface area (Å²) < 4.78 is 11.5. The van der Waals surface area contributed by atoms with E-state index >= 15 is 0 Å². The van der Waals surface area contributed by atoms with Gasteiger partial charge in [0.2, 0.25) is 5.89 Å². The third-order valence-corrected chi connectivity index (χ3v) is 3.68. The maximum Gasteiger partial charge on any atom is 0.257 e. The van der Waals surface area contributed by atoms with E-state index in [1.807, 2.05) is 55.5 Å². The molecule has 0 saturated heterocycles. The minimum Gasteiger partial charge on any atom is -0.481 e. The first kappa shape index (κ1) is 14.3. The number of aromatic amines is 1. The van der Waals surface area contributed by atoms with E-state index < -0.39 is 0 Å². The Bertz CT molecular complexity index is 977. The molecule has 0 saturated carbocycles. The van der Waals surface area contributed by atoms with E-state index in [2.05, 4.69) is 20.4 Å². The largest absolute Gasteiger partial charge is 0.481 e. The number of ether oxygens (including phenoxy) is 1. The van der Waals surface area contributed by atoms with Gasteiger partial charge < -0.3 is 14.9 Å². The van der Waals surface area contributed by atoms with Crippen LogP contribution in [0.25, 0.3) is 22.4 Å². The summed E-state index contributed by atoms with van der Waals surface area (Å²) in [6, 6.07) is 15.1. The van der Waals surface area contributed by atoms with Crippen LogP contribution in [-0.4, -0.2) is 20.4 Å². The van der Waals surface area contributed by atoms with Crippen molar-refractivity contribution in [3.05, 3.63) is 54.4 Å². The standard InChI is InChI=1S/C17H15N5O2/c1-10(23-12-5-3-2-4-6-12)16-21-22-17(24-16)11-7-8-14-13(9-11)15(18)20-19-14/h2-10H,1H3,(H3,18,19,20). The molecule has 0 aliphatic carbocycles. The number of nitrogens with one attached hydrogen (secondary N) is 1. The highest BCUT2D eigenvalue weighted by Crippen LogP contribution is 2.27. The van der Waals surface area contributed by atoms with Crippen LogP contribution in [0.2, 0.25) is 0 Å². The number of para-hydroxylation sites is 1. The van der Waals surface area contributed by atoms with Gasteiger partial charge in [0.25, 0.3) is 5.89 Å². The second kappa shape index (κ2) is 5.69. The molecule has 2 heterocycles. The molecule has 2 aromatic heterocycles. The minimum absolute atomic E-state index is 0.351. The van der Waals surface area contributed by atoms with Crippen LogP contribution < -0.4 is 10.5 Å². The summed E-state index contributed by atoms with van der Waals surface area (Å²) >= 11 is 0. The Morgan fingerprint density at radius 1 is 1.12 bits per heavy atom. The van der Waals surface area contributed by atoms with Crippen molar-refractivity contribution < 1.29 is 9.15 Å². The van der Waals surface area contributed by atoms with Crippen molar-refractivity contribution in [1.29, 1.82) is 0 Å². The Balaban J connectivity index is 1.60. The fourth-order valence-corrected chi connectivity index (χ4v) is 2.44. The van der Waals surface area contributed by atoms with Gasteiger partial charge in [-0.3, -0.25) is 5.10 Å². The summed E-state index contributed by atoms with van der Waals surface area (Å²) in [5, 5.41) is 15.8. The van der Waals surface area contributed by atoms with E-state index in [1.54, 1.807) is 0 Å². The highest BCUT2D eigenvalue weighted by atomic mass is 16.5. The molecule has 0 spiro atoms. The number of rotatable bonds is 4.